The Morgan fingerprint density at radius 2 is 1.88 bits per heavy atom. The molecule has 3 nitrogen and oxygen atoms in total. The summed E-state index contributed by atoms with van der Waals surface area (Å²) in [5, 5.41) is 2.80. The Bertz CT molecular complexity index is 558. The molecule has 1 amide bonds. The maximum absolute atomic E-state index is 11.7. The van der Waals surface area contributed by atoms with E-state index < -0.39 is 11.7 Å². The van der Waals surface area contributed by atoms with E-state index in [1.165, 1.54) is 24.8 Å². The number of nitrogens with one attached hydrogen (secondary N) is 1. The van der Waals surface area contributed by atoms with Crippen molar-refractivity contribution in [2.45, 2.75) is 78.4 Å². The van der Waals surface area contributed by atoms with E-state index in [9.17, 15) is 4.79 Å². The van der Waals surface area contributed by atoms with Gasteiger partial charge in [-0.15, -0.1) is 0 Å². The Morgan fingerprint density at radius 1 is 1.21 bits per heavy atom. The van der Waals surface area contributed by atoms with Crippen LogP contribution >= 0.6 is 0 Å². The first-order chi connectivity index (χ1) is 11.3. The van der Waals surface area contributed by atoms with Crippen molar-refractivity contribution >= 4 is 6.09 Å². The molecular weight excluding hydrogens is 298 g/mol. The maximum Gasteiger partial charge on any atom is 0.407 e. The molecule has 1 aromatic carbocycles. The normalized spacial score (nSPS) is 12.0. The molecule has 1 atom stereocenters. The van der Waals surface area contributed by atoms with Gasteiger partial charge in [0.25, 0.3) is 0 Å². The summed E-state index contributed by atoms with van der Waals surface area (Å²) >= 11 is 0. The largest absolute Gasteiger partial charge is 0.444 e. The Hall–Kier alpha value is -1.95. The Kier molecular flexibility index (Phi) is 8.40. The number of hydrogen-bond donors (Lipinski definition) is 1. The number of hydrogen-bond acceptors (Lipinski definition) is 2. The Morgan fingerprint density at radius 3 is 2.46 bits per heavy atom. The lowest BCUT2D eigenvalue weighted by Crippen LogP contribution is -2.37. The van der Waals surface area contributed by atoms with Crippen LogP contribution in [0.4, 0.5) is 4.79 Å². The average molecular weight is 329 g/mol. The van der Waals surface area contributed by atoms with Crippen molar-refractivity contribution in [1.29, 1.82) is 0 Å². The van der Waals surface area contributed by atoms with Crippen LogP contribution in [-0.2, 0) is 11.2 Å². The van der Waals surface area contributed by atoms with Gasteiger partial charge in [0, 0.05) is 18.0 Å². The molecule has 0 fully saturated rings. The molecule has 0 saturated heterocycles. The third kappa shape index (κ3) is 9.25. The van der Waals surface area contributed by atoms with E-state index in [0.717, 1.165) is 12.0 Å². The topological polar surface area (TPSA) is 38.3 Å². The van der Waals surface area contributed by atoms with Gasteiger partial charge in [0.15, 0.2) is 0 Å². The van der Waals surface area contributed by atoms with Gasteiger partial charge in [-0.3, -0.25) is 0 Å². The molecule has 0 aliphatic rings. The van der Waals surface area contributed by atoms with Crippen LogP contribution in [0.25, 0.3) is 0 Å². The van der Waals surface area contributed by atoms with Crippen LogP contribution in [0.15, 0.2) is 24.3 Å². The molecule has 1 rings (SSSR count). The number of benzene rings is 1. The summed E-state index contributed by atoms with van der Waals surface area (Å²) in [7, 11) is 0. The second-order valence-corrected chi connectivity index (χ2v) is 7.21. The molecule has 0 heterocycles. The van der Waals surface area contributed by atoms with E-state index in [1.54, 1.807) is 0 Å². The molecule has 0 aliphatic carbocycles. The van der Waals surface area contributed by atoms with Crippen LogP contribution in [0.2, 0.25) is 0 Å². The molecule has 0 radical (unpaired) electrons. The highest BCUT2D eigenvalue weighted by Gasteiger charge is 2.17. The molecule has 1 unspecified atom stereocenters. The maximum atomic E-state index is 11.7. The summed E-state index contributed by atoms with van der Waals surface area (Å²) in [6, 6.07) is 8.41. The second-order valence-electron chi connectivity index (χ2n) is 7.21. The van der Waals surface area contributed by atoms with Crippen molar-refractivity contribution in [3.8, 4) is 11.8 Å². The highest BCUT2D eigenvalue weighted by molar-refractivity contribution is 5.68. The van der Waals surface area contributed by atoms with Crippen LogP contribution in [0.1, 0.15) is 71.4 Å². The highest BCUT2D eigenvalue weighted by Crippen LogP contribution is 2.09. The average Bonchev–Trinajstić information content (AvgIpc) is 2.47. The van der Waals surface area contributed by atoms with Crippen LogP contribution in [0.3, 0.4) is 0 Å². The van der Waals surface area contributed by atoms with E-state index in [4.69, 9.17) is 4.74 Å². The van der Waals surface area contributed by atoms with E-state index in [0.29, 0.717) is 6.42 Å². The van der Waals surface area contributed by atoms with E-state index in [2.05, 4.69) is 48.3 Å². The van der Waals surface area contributed by atoms with E-state index >= 15 is 0 Å². The molecule has 0 bridgehead atoms. The van der Waals surface area contributed by atoms with Crippen molar-refractivity contribution in [2.24, 2.45) is 0 Å². The van der Waals surface area contributed by atoms with Crippen LogP contribution in [-0.4, -0.2) is 17.7 Å². The molecule has 24 heavy (non-hydrogen) atoms. The van der Waals surface area contributed by atoms with Gasteiger partial charge in [0.2, 0.25) is 0 Å². The summed E-state index contributed by atoms with van der Waals surface area (Å²) in [5.41, 5.74) is 1.90. The van der Waals surface area contributed by atoms with Crippen molar-refractivity contribution in [1.82, 2.24) is 5.32 Å². The van der Waals surface area contributed by atoms with E-state index in [-0.39, 0.29) is 6.04 Å². The van der Waals surface area contributed by atoms with Gasteiger partial charge in [0.05, 0.1) is 0 Å². The number of aryl methyl sites for hydroxylation is 1. The molecule has 3 heteroatoms. The molecule has 0 saturated carbocycles. The van der Waals surface area contributed by atoms with Gasteiger partial charge in [0.1, 0.15) is 5.60 Å². The fourth-order valence-electron chi connectivity index (χ4n) is 2.20. The lowest BCUT2D eigenvalue weighted by atomic mass is 10.1. The molecule has 1 N–H and O–H groups in total. The zero-order chi connectivity index (χ0) is 18.0. The van der Waals surface area contributed by atoms with Gasteiger partial charge >= 0.3 is 6.09 Å². The fourth-order valence-corrected chi connectivity index (χ4v) is 2.20. The number of unbranched alkanes of at least 4 members (excludes halogenated alkanes) is 2. The predicted molar refractivity (Wildman–Crippen MR) is 100.0 cm³/mol. The van der Waals surface area contributed by atoms with Gasteiger partial charge in [-0.05, 0) is 58.2 Å². The first-order valence-electron chi connectivity index (χ1n) is 8.87. The van der Waals surface area contributed by atoms with Crippen LogP contribution < -0.4 is 5.32 Å². The molecule has 0 spiro atoms. The summed E-state index contributed by atoms with van der Waals surface area (Å²) in [6.45, 7) is 9.70. The Balaban J connectivity index is 2.41. The summed E-state index contributed by atoms with van der Waals surface area (Å²) in [5.74, 6) is 6.27. The zero-order valence-electron chi connectivity index (χ0n) is 15.7. The van der Waals surface area contributed by atoms with Gasteiger partial charge in [-0.25, -0.2) is 4.79 Å². The van der Waals surface area contributed by atoms with Gasteiger partial charge in [-0.2, -0.15) is 0 Å². The monoisotopic (exact) mass is 329 g/mol. The minimum absolute atomic E-state index is 0.0410. The number of amides is 1. The van der Waals surface area contributed by atoms with Gasteiger partial charge in [-0.1, -0.05) is 43.7 Å². The fraction of sp³-hybridized carbons (Fsp3) is 0.571. The number of rotatable bonds is 6. The number of alkyl carbamates (subject to hydrolysis) is 1. The smallest absolute Gasteiger partial charge is 0.407 e. The minimum atomic E-state index is -0.478. The first-order valence-corrected chi connectivity index (χ1v) is 8.87. The van der Waals surface area contributed by atoms with Crippen molar-refractivity contribution in [3.63, 3.8) is 0 Å². The molecule has 1 aromatic rings. The highest BCUT2D eigenvalue weighted by atomic mass is 16.6. The number of carbonyl (C=O) groups excluding carboxylic acids is 1. The third-order valence-electron chi connectivity index (χ3n) is 3.43. The molecular formula is C21H31NO2. The van der Waals surface area contributed by atoms with Crippen molar-refractivity contribution < 1.29 is 9.53 Å². The van der Waals surface area contributed by atoms with Gasteiger partial charge < -0.3 is 10.1 Å². The van der Waals surface area contributed by atoms with Crippen LogP contribution in [0.5, 0.6) is 0 Å². The van der Waals surface area contributed by atoms with E-state index in [1.807, 2.05) is 27.7 Å². The third-order valence-corrected chi connectivity index (χ3v) is 3.43. The first kappa shape index (κ1) is 20.1. The van der Waals surface area contributed by atoms with Crippen LogP contribution in [0, 0.1) is 11.8 Å². The Labute approximate surface area is 147 Å². The number of carbonyl (C=O) groups is 1. The lowest BCUT2D eigenvalue weighted by molar-refractivity contribution is 0.0509. The minimum Gasteiger partial charge on any atom is -0.444 e. The molecule has 0 aliphatic heterocycles. The summed E-state index contributed by atoms with van der Waals surface area (Å²) in [4.78, 5) is 11.7. The summed E-state index contributed by atoms with van der Waals surface area (Å²) in [6.07, 6.45) is 5.11. The molecule has 0 aromatic heterocycles. The molecule has 132 valence electrons. The predicted octanol–water partition coefficient (Wildman–Crippen LogP) is 5.07. The summed E-state index contributed by atoms with van der Waals surface area (Å²) < 4.78 is 5.23. The standard InChI is InChI=1S/C21H31NO2/c1-6-7-8-11-18-13-15-19(16-14-18)12-9-10-17(2)22-20(23)24-21(3,4)5/h13-17H,6-8,10-11H2,1-5H3,(H,22,23). The van der Waals surface area contributed by atoms with Crippen molar-refractivity contribution in [2.75, 3.05) is 0 Å². The second kappa shape index (κ2) is 10.0. The number of ether oxygens (including phenoxy) is 1. The SMILES string of the molecule is CCCCCc1ccc(C#CCC(C)NC(=O)OC(C)(C)C)cc1. The van der Waals surface area contributed by atoms with Crippen molar-refractivity contribution in [3.05, 3.63) is 35.4 Å². The lowest BCUT2D eigenvalue weighted by Gasteiger charge is -2.21. The zero-order valence-corrected chi connectivity index (χ0v) is 15.7. The quantitative estimate of drug-likeness (QED) is 0.584.